The molecule has 0 aliphatic heterocycles. The van der Waals surface area contributed by atoms with Crippen LogP contribution < -0.4 is 10.6 Å². The first-order chi connectivity index (χ1) is 9.71. The molecule has 1 rings (SSSR count). The van der Waals surface area contributed by atoms with Crippen LogP contribution >= 0.6 is 0 Å². The first kappa shape index (κ1) is 17.7. The van der Waals surface area contributed by atoms with Crippen molar-refractivity contribution < 1.29 is 23.1 Å². The number of hydrogen-bond acceptors (Lipinski definition) is 4. The molecule has 1 aliphatic rings. The van der Waals surface area contributed by atoms with Crippen molar-refractivity contribution >= 4 is 21.8 Å². The van der Waals surface area contributed by atoms with Gasteiger partial charge in [-0.05, 0) is 31.6 Å². The number of carbonyl (C=O) groups is 2. The van der Waals surface area contributed by atoms with E-state index in [0.29, 0.717) is 18.8 Å². The molecule has 0 aromatic rings. The zero-order valence-electron chi connectivity index (χ0n) is 12.5. The van der Waals surface area contributed by atoms with Crippen molar-refractivity contribution in [3.05, 3.63) is 0 Å². The summed E-state index contributed by atoms with van der Waals surface area (Å²) >= 11 is 0. The monoisotopic (exact) mass is 320 g/mol. The van der Waals surface area contributed by atoms with Crippen LogP contribution in [0.2, 0.25) is 0 Å². The maximum Gasteiger partial charge on any atom is 0.329 e. The Bertz CT molecular complexity index is 481. The summed E-state index contributed by atoms with van der Waals surface area (Å²) in [6.07, 6.45) is 2.28. The lowest BCUT2D eigenvalue weighted by molar-refractivity contribution is -0.146. The van der Waals surface area contributed by atoms with E-state index < -0.39 is 27.4 Å². The predicted octanol–water partition coefficient (Wildman–Crippen LogP) is 0.754. The van der Waals surface area contributed by atoms with E-state index in [4.69, 9.17) is 0 Å². The highest BCUT2D eigenvalue weighted by atomic mass is 32.2. The maximum atomic E-state index is 11.8. The molecule has 3 N–H and O–H groups in total. The molecule has 1 saturated carbocycles. The third kappa shape index (κ3) is 5.18. The van der Waals surface area contributed by atoms with Gasteiger partial charge in [0.15, 0.2) is 9.84 Å². The van der Waals surface area contributed by atoms with Crippen LogP contribution in [0.3, 0.4) is 0 Å². The molecule has 1 aliphatic carbocycles. The van der Waals surface area contributed by atoms with Gasteiger partial charge in [-0.1, -0.05) is 13.8 Å². The smallest absolute Gasteiger partial charge is 0.329 e. The lowest BCUT2D eigenvalue weighted by Gasteiger charge is -2.36. The molecule has 0 spiro atoms. The van der Waals surface area contributed by atoms with Crippen molar-refractivity contribution in [2.24, 2.45) is 5.92 Å². The molecule has 0 saturated heterocycles. The Balaban J connectivity index is 2.53. The number of carbonyl (C=O) groups excluding carboxylic acids is 1. The van der Waals surface area contributed by atoms with Crippen molar-refractivity contribution in [2.75, 3.05) is 18.1 Å². The average molecular weight is 320 g/mol. The molecule has 0 aromatic carbocycles. The highest BCUT2D eigenvalue weighted by Crippen LogP contribution is 2.32. The Morgan fingerprint density at radius 2 is 1.86 bits per heavy atom. The summed E-state index contributed by atoms with van der Waals surface area (Å²) in [5, 5.41) is 14.3. The van der Waals surface area contributed by atoms with Crippen LogP contribution in [0.4, 0.5) is 4.79 Å². The number of aliphatic carboxylic acids is 1. The van der Waals surface area contributed by atoms with Crippen LogP contribution in [0, 0.1) is 5.92 Å². The SMILES string of the molecule is CCS(=O)(=O)CCNC(=O)NC1(C(=O)O)CCC(C)CC1. The number of hydrogen-bond donors (Lipinski definition) is 3. The van der Waals surface area contributed by atoms with Crippen LogP contribution in [0.1, 0.15) is 39.5 Å². The standard InChI is InChI=1S/C13H24N2O5S/c1-3-21(19,20)9-8-14-12(18)15-13(11(16)17)6-4-10(2)5-7-13/h10H,3-9H2,1-2H3,(H,16,17)(H2,14,15,18). The summed E-state index contributed by atoms with van der Waals surface area (Å²) in [6.45, 7) is 3.58. The van der Waals surface area contributed by atoms with Crippen LogP contribution in [0.15, 0.2) is 0 Å². The molecule has 0 unspecified atom stereocenters. The second kappa shape index (κ2) is 7.11. The van der Waals surface area contributed by atoms with E-state index in [-0.39, 0.29) is 18.1 Å². The molecular formula is C13H24N2O5S. The zero-order valence-corrected chi connectivity index (χ0v) is 13.3. The van der Waals surface area contributed by atoms with Gasteiger partial charge in [0.25, 0.3) is 0 Å². The molecule has 122 valence electrons. The molecular weight excluding hydrogens is 296 g/mol. The van der Waals surface area contributed by atoms with Gasteiger partial charge in [-0.2, -0.15) is 0 Å². The van der Waals surface area contributed by atoms with Crippen molar-refractivity contribution in [3.8, 4) is 0 Å². The first-order valence-electron chi connectivity index (χ1n) is 7.20. The molecule has 0 aromatic heterocycles. The Morgan fingerprint density at radius 3 is 2.33 bits per heavy atom. The van der Waals surface area contributed by atoms with Gasteiger partial charge < -0.3 is 15.7 Å². The fourth-order valence-electron chi connectivity index (χ4n) is 2.37. The topological polar surface area (TPSA) is 113 Å². The van der Waals surface area contributed by atoms with E-state index in [1.54, 1.807) is 0 Å². The number of rotatable bonds is 6. The number of urea groups is 1. The van der Waals surface area contributed by atoms with Crippen LogP contribution in [0.25, 0.3) is 0 Å². The summed E-state index contributed by atoms with van der Waals surface area (Å²) in [5.41, 5.74) is -1.24. The minimum atomic E-state index is -3.15. The summed E-state index contributed by atoms with van der Waals surface area (Å²) in [5.74, 6) is -0.705. The normalized spacial score (nSPS) is 26.1. The average Bonchev–Trinajstić information content (AvgIpc) is 2.41. The fourth-order valence-corrected chi connectivity index (χ4v) is 3.07. The second-order valence-corrected chi connectivity index (χ2v) is 8.16. The molecule has 0 atom stereocenters. The molecule has 7 nitrogen and oxygen atoms in total. The van der Waals surface area contributed by atoms with E-state index >= 15 is 0 Å². The van der Waals surface area contributed by atoms with Gasteiger partial charge in [0.05, 0.1) is 5.75 Å². The number of carboxylic acid groups (broad SMARTS) is 1. The Hall–Kier alpha value is -1.31. The fraction of sp³-hybridized carbons (Fsp3) is 0.846. The molecule has 8 heteroatoms. The van der Waals surface area contributed by atoms with Crippen molar-refractivity contribution in [1.29, 1.82) is 0 Å². The largest absolute Gasteiger partial charge is 0.480 e. The van der Waals surface area contributed by atoms with Gasteiger partial charge in [-0.25, -0.2) is 18.0 Å². The lowest BCUT2D eigenvalue weighted by atomic mass is 9.77. The van der Waals surface area contributed by atoms with Crippen LogP contribution in [-0.4, -0.2) is 49.1 Å². The quantitative estimate of drug-likeness (QED) is 0.668. The van der Waals surface area contributed by atoms with Gasteiger partial charge in [0.1, 0.15) is 5.54 Å². The first-order valence-corrected chi connectivity index (χ1v) is 9.03. The lowest BCUT2D eigenvalue weighted by Crippen LogP contribution is -2.58. The number of carboxylic acids is 1. The van der Waals surface area contributed by atoms with Gasteiger partial charge in [0, 0.05) is 12.3 Å². The number of nitrogens with one attached hydrogen (secondary N) is 2. The summed E-state index contributed by atoms with van der Waals surface area (Å²) < 4.78 is 22.6. The highest BCUT2D eigenvalue weighted by Gasteiger charge is 2.42. The zero-order chi connectivity index (χ0) is 16.1. The number of sulfone groups is 1. The molecule has 1 fully saturated rings. The summed E-state index contributed by atoms with van der Waals surface area (Å²) in [7, 11) is -3.15. The molecule has 2 amide bonds. The van der Waals surface area contributed by atoms with Gasteiger partial charge >= 0.3 is 12.0 Å². The Kier molecular flexibility index (Phi) is 6.00. The summed E-state index contributed by atoms with van der Waals surface area (Å²) in [4.78, 5) is 23.3. The minimum absolute atomic E-state index is 0.0197. The van der Waals surface area contributed by atoms with E-state index in [9.17, 15) is 23.1 Å². The van der Waals surface area contributed by atoms with Crippen LogP contribution in [-0.2, 0) is 14.6 Å². The Morgan fingerprint density at radius 1 is 1.29 bits per heavy atom. The van der Waals surface area contributed by atoms with E-state index in [0.717, 1.165) is 12.8 Å². The van der Waals surface area contributed by atoms with E-state index in [1.165, 1.54) is 6.92 Å². The second-order valence-electron chi connectivity index (χ2n) is 5.69. The number of amides is 2. The third-order valence-electron chi connectivity index (χ3n) is 4.03. The maximum absolute atomic E-state index is 11.8. The van der Waals surface area contributed by atoms with E-state index in [2.05, 4.69) is 17.6 Å². The molecule has 0 heterocycles. The molecule has 0 bridgehead atoms. The highest BCUT2D eigenvalue weighted by molar-refractivity contribution is 7.91. The Labute approximate surface area is 125 Å². The van der Waals surface area contributed by atoms with E-state index in [1.807, 2.05) is 0 Å². The predicted molar refractivity (Wildman–Crippen MR) is 78.9 cm³/mol. The minimum Gasteiger partial charge on any atom is -0.480 e. The van der Waals surface area contributed by atoms with Crippen molar-refractivity contribution in [2.45, 2.75) is 45.1 Å². The van der Waals surface area contributed by atoms with Gasteiger partial charge in [-0.15, -0.1) is 0 Å². The van der Waals surface area contributed by atoms with Crippen molar-refractivity contribution in [1.82, 2.24) is 10.6 Å². The molecule has 21 heavy (non-hydrogen) atoms. The molecule has 0 radical (unpaired) electrons. The van der Waals surface area contributed by atoms with Gasteiger partial charge in [-0.3, -0.25) is 0 Å². The van der Waals surface area contributed by atoms with Gasteiger partial charge in [0.2, 0.25) is 0 Å². The van der Waals surface area contributed by atoms with Crippen LogP contribution in [0.5, 0.6) is 0 Å². The van der Waals surface area contributed by atoms with Crippen molar-refractivity contribution in [3.63, 3.8) is 0 Å². The summed E-state index contributed by atoms with van der Waals surface area (Å²) in [6, 6.07) is -0.627. The third-order valence-corrected chi connectivity index (χ3v) is 5.73.